The maximum absolute atomic E-state index is 7.16. The lowest BCUT2D eigenvalue weighted by Gasteiger charge is -2.35. The van der Waals surface area contributed by atoms with Gasteiger partial charge in [0.25, 0.3) is 0 Å². The van der Waals surface area contributed by atoms with Gasteiger partial charge in [0.1, 0.15) is 11.2 Å². The van der Waals surface area contributed by atoms with Crippen LogP contribution in [0.5, 0.6) is 0 Å². The number of benzene rings is 11. The van der Waals surface area contributed by atoms with Gasteiger partial charge in [0.05, 0.1) is 11.1 Å². The zero-order valence-corrected chi connectivity index (χ0v) is 39.0. The third-order valence-electron chi connectivity index (χ3n) is 15.5. The molecule has 0 spiro atoms. The molecule has 70 heavy (non-hydrogen) atoms. The summed E-state index contributed by atoms with van der Waals surface area (Å²) in [7, 11) is 0. The van der Waals surface area contributed by atoms with Crippen LogP contribution in [0, 0.1) is 0 Å². The second-order valence-corrected chi connectivity index (χ2v) is 19.5. The third kappa shape index (κ3) is 5.80. The quantitative estimate of drug-likeness (QED) is 0.158. The van der Waals surface area contributed by atoms with E-state index in [1.54, 1.807) is 0 Å². The monoisotopic (exact) mass is 893 g/mol. The first-order chi connectivity index (χ1) is 34.5. The Labute approximate surface area is 408 Å². The molecule has 0 atom stereocenters. The minimum atomic E-state index is -0.564. The number of hydrogen-bond acceptors (Lipinski definition) is 2. The second-order valence-electron chi connectivity index (χ2n) is 19.5. The fourth-order valence-corrected chi connectivity index (χ4v) is 12.4. The van der Waals surface area contributed by atoms with E-state index in [9.17, 15) is 0 Å². The summed E-state index contributed by atoms with van der Waals surface area (Å²) in [5.74, 6) is 0. The predicted octanol–water partition coefficient (Wildman–Crippen LogP) is 18.2. The number of anilines is 3. The van der Waals surface area contributed by atoms with Gasteiger partial charge in [0, 0.05) is 38.3 Å². The molecule has 0 radical (unpaired) electrons. The minimum absolute atomic E-state index is 0.198. The van der Waals surface area contributed by atoms with Gasteiger partial charge in [-0.1, -0.05) is 220 Å². The molecule has 2 nitrogen and oxygen atoms in total. The number of fused-ring (bicyclic) bond motifs is 11. The number of rotatable bonds is 7. The van der Waals surface area contributed by atoms with Gasteiger partial charge in [-0.3, -0.25) is 0 Å². The second kappa shape index (κ2) is 15.4. The molecule has 0 bridgehead atoms. The van der Waals surface area contributed by atoms with Crippen LogP contribution in [0.4, 0.5) is 17.1 Å². The van der Waals surface area contributed by atoms with Crippen molar-refractivity contribution < 1.29 is 4.42 Å². The van der Waals surface area contributed by atoms with Gasteiger partial charge in [-0.15, -0.1) is 0 Å². The molecule has 2 heteroatoms. The lowest BCUT2D eigenvalue weighted by atomic mass is 9.67. The first kappa shape index (κ1) is 40.4. The number of nitrogens with zero attached hydrogens (tertiary/aromatic N) is 1. The van der Waals surface area contributed by atoms with Crippen molar-refractivity contribution in [2.24, 2.45) is 0 Å². The number of hydrogen-bond donors (Lipinski definition) is 0. The van der Waals surface area contributed by atoms with Crippen molar-refractivity contribution in [1.29, 1.82) is 0 Å². The molecular weight excluding hydrogens is 847 g/mol. The van der Waals surface area contributed by atoms with Crippen LogP contribution in [-0.2, 0) is 10.8 Å². The van der Waals surface area contributed by atoms with Crippen molar-refractivity contribution in [2.75, 3.05) is 4.90 Å². The highest BCUT2D eigenvalue weighted by Crippen LogP contribution is 2.58. The Kier molecular flexibility index (Phi) is 8.88. The van der Waals surface area contributed by atoms with E-state index < -0.39 is 5.41 Å². The fraction of sp³-hybridized carbons (Fsp3) is 0.0588. The maximum Gasteiger partial charge on any atom is 0.143 e. The Hall–Kier alpha value is -8.72. The van der Waals surface area contributed by atoms with Gasteiger partial charge in [-0.05, 0) is 120 Å². The highest BCUT2D eigenvalue weighted by Gasteiger charge is 2.46. The number of furan rings is 1. The molecule has 0 amide bonds. The van der Waals surface area contributed by atoms with Gasteiger partial charge in [0.2, 0.25) is 0 Å². The molecule has 11 aromatic carbocycles. The Balaban J connectivity index is 1.09. The first-order valence-electron chi connectivity index (χ1n) is 24.4. The molecule has 0 aliphatic heterocycles. The Bertz CT molecular complexity index is 3980. The summed E-state index contributed by atoms with van der Waals surface area (Å²) in [6.07, 6.45) is 0. The molecule has 0 fully saturated rings. The molecule has 330 valence electrons. The molecule has 12 aromatic rings. The lowest BCUT2D eigenvalue weighted by Crippen LogP contribution is -2.28. The van der Waals surface area contributed by atoms with Crippen molar-refractivity contribution >= 4 is 49.8 Å². The van der Waals surface area contributed by atoms with Gasteiger partial charge < -0.3 is 9.32 Å². The average molecular weight is 894 g/mol. The molecule has 2 aliphatic rings. The van der Waals surface area contributed by atoms with E-state index in [0.717, 1.165) is 72.0 Å². The smallest absolute Gasteiger partial charge is 0.143 e. The molecular formula is C68H47NO. The van der Waals surface area contributed by atoms with Gasteiger partial charge in [0.15, 0.2) is 0 Å². The molecule has 1 heterocycles. The summed E-state index contributed by atoms with van der Waals surface area (Å²) in [4.78, 5) is 2.53. The SMILES string of the molecule is CC1(C)c2ccccc2-c2ccc(N(c3ccc4c(c3)C(c3ccccc3)(c3ccccc3)c3ccccc3-4)c3cc4c(oc5cc(-c6ccccc6)cc(-c6ccccc6)c54)c4ccccc34)cc21. The Morgan fingerprint density at radius 2 is 0.843 bits per heavy atom. The summed E-state index contributed by atoms with van der Waals surface area (Å²) < 4.78 is 7.16. The summed E-state index contributed by atoms with van der Waals surface area (Å²) in [6, 6.07) is 91.8. The standard InChI is InChI=1S/C68H47NO/c1-67(2)59-33-19-17-29-51(59)53-37-35-49(41-61(53)67)69(50-36-38-54-52-30-18-20-34-60(52)68(62(54)42-50,47-25-11-5-12-26-47)48-27-13-6-14-28-48)63-43-58-65-57(45-23-9-4-10-24-45)39-46(44-21-7-3-8-22-44)40-64(65)70-66(58)56-32-16-15-31-55(56)63/h3-43H,1-2H3. The van der Waals surface area contributed by atoms with Crippen LogP contribution in [0.25, 0.3) is 77.2 Å². The molecule has 0 N–H and O–H groups in total. The maximum atomic E-state index is 7.16. The Morgan fingerprint density at radius 3 is 1.50 bits per heavy atom. The van der Waals surface area contributed by atoms with Gasteiger partial charge in [-0.2, -0.15) is 0 Å². The van der Waals surface area contributed by atoms with Crippen LogP contribution in [-0.4, -0.2) is 0 Å². The summed E-state index contributed by atoms with van der Waals surface area (Å²) >= 11 is 0. The summed E-state index contributed by atoms with van der Waals surface area (Å²) in [5.41, 5.74) is 21.7. The zero-order chi connectivity index (χ0) is 46.6. The van der Waals surface area contributed by atoms with Crippen molar-refractivity contribution in [3.63, 3.8) is 0 Å². The minimum Gasteiger partial charge on any atom is -0.455 e. The largest absolute Gasteiger partial charge is 0.455 e. The average Bonchev–Trinajstić information content (AvgIpc) is 4.03. The fourth-order valence-electron chi connectivity index (χ4n) is 12.4. The van der Waals surface area contributed by atoms with E-state index >= 15 is 0 Å². The normalized spacial score (nSPS) is 13.8. The molecule has 14 rings (SSSR count). The topological polar surface area (TPSA) is 16.4 Å². The molecule has 0 saturated heterocycles. The van der Waals surface area contributed by atoms with Crippen molar-refractivity contribution in [3.8, 4) is 44.5 Å². The molecule has 0 saturated carbocycles. The summed E-state index contributed by atoms with van der Waals surface area (Å²) in [5, 5.41) is 4.37. The highest BCUT2D eigenvalue weighted by atomic mass is 16.3. The van der Waals surface area contributed by atoms with Crippen LogP contribution in [0.2, 0.25) is 0 Å². The van der Waals surface area contributed by atoms with Crippen molar-refractivity contribution in [3.05, 3.63) is 282 Å². The van der Waals surface area contributed by atoms with Crippen LogP contribution < -0.4 is 4.90 Å². The van der Waals surface area contributed by atoms with Crippen LogP contribution in [0.1, 0.15) is 47.2 Å². The first-order valence-corrected chi connectivity index (χ1v) is 24.4. The van der Waals surface area contributed by atoms with E-state index in [1.807, 2.05) is 0 Å². The molecule has 1 aromatic heterocycles. The van der Waals surface area contributed by atoms with E-state index in [4.69, 9.17) is 4.42 Å². The van der Waals surface area contributed by atoms with Gasteiger partial charge in [-0.25, -0.2) is 0 Å². The van der Waals surface area contributed by atoms with Crippen LogP contribution in [0.3, 0.4) is 0 Å². The Morgan fingerprint density at radius 1 is 0.343 bits per heavy atom. The summed E-state index contributed by atoms with van der Waals surface area (Å²) in [6.45, 7) is 4.75. The van der Waals surface area contributed by atoms with Crippen LogP contribution >= 0.6 is 0 Å². The molecule has 2 aliphatic carbocycles. The predicted molar refractivity (Wildman–Crippen MR) is 292 cm³/mol. The van der Waals surface area contributed by atoms with E-state index in [2.05, 4.69) is 267 Å². The van der Waals surface area contributed by atoms with Crippen LogP contribution in [0.15, 0.2) is 253 Å². The zero-order valence-electron chi connectivity index (χ0n) is 39.0. The third-order valence-corrected chi connectivity index (χ3v) is 15.5. The van der Waals surface area contributed by atoms with E-state index in [1.165, 1.54) is 55.6 Å². The highest BCUT2D eigenvalue weighted by molar-refractivity contribution is 6.23. The lowest BCUT2D eigenvalue weighted by molar-refractivity contribution is 0.660. The molecule has 0 unspecified atom stereocenters. The van der Waals surface area contributed by atoms with Crippen molar-refractivity contribution in [1.82, 2.24) is 0 Å². The van der Waals surface area contributed by atoms with E-state index in [-0.39, 0.29) is 5.41 Å². The van der Waals surface area contributed by atoms with Crippen molar-refractivity contribution in [2.45, 2.75) is 24.7 Å². The van der Waals surface area contributed by atoms with E-state index in [0.29, 0.717) is 0 Å². The van der Waals surface area contributed by atoms with Gasteiger partial charge >= 0.3 is 0 Å².